The number of sulfonamides is 1. The van der Waals surface area contributed by atoms with E-state index in [1.54, 1.807) is 26.1 Å². The van der Waals surface area contributed by atoms with Crippen molar-refractivity contribution in [2.24, 2.45) is 7.05 Å². The average molecular weight is 310 g/mol. The number of aromatic hydroxyl groups is 1. The highest BCUT2D eigenvalue weighted by Crippen LogP contribution is 2.15. The number of hydrogen-bond acceptors (Lipinski definition) is 5. The molecule has 0 saturated carbocycles. The van der Waals surface area contributed by atoms with E-state index in [0.29, 0.717) is 5.69 Å². The fourth-order valence-electron chi connectivity index (χ4n) is 1.74. The van der Waals surface area contributed by atoms with Crippen molar-refractivity contribution in [1.29, 1.82) is 0 Å². The third-order valence-corrected chi connectivity index (χ3v) is 4.06. The molecule has 3 N–H and O–H groups in total. The minimum absolute atomic E-state index is 0.0388. The van der Waals surface area contributed by atoms with Gasteiger partial charge in [0.15, 0.2) is 0 Å². The van der Waals surface area contributed by atoms with Crippen molar-refractivity contribution in [1.82, 2.24) is 20.0 Å². The Bertz CT molecular complexity index is 782. The monoisotopic (exact) mass is 310 g/mol. The number of phenolic OH excluding ortho intramolecular Hbond substituents is 1. The van der Waals surface area contributed by atoms with Gasteiger partial charge in [-0.15, -0.1) is 4.83 Å². The normalized spacial score (nSPS) is 11.3. The van der Waals surface area contributed by atoms with Gasteiger partial charge in [-0.25, -0.2) is 8.42 Å². The summed E-state index contributed by atoms with van der Waals surface area (Å²) in [6.45, 7) is 1.54. The summed E-state index contributed by atoms with van der Waals surface area (Å²) >= 11 is 0. The number of nitrogens with one attached hydrogen (secondary N) is 2. The van der Waals surface area contributed by atoms with Crippen molar-refractivity contribution in [2.45, 2.75) is 11.8 Å². The van der Waals surface area contributed by atoms with Gasteiger partial charge in [-0.3, -0.25) is 14.9 Å². The van der Waals surface area contributed by atoms with Crippen LogP contribution in [0.5, 0.6) is 5.75 Å². The number of benzene rings is 1. The average Bonchev–Trinajstić information content (AvgIpc) is 2.76. The highest BCUT2D eigenvalue weighted by molar-refractivity contribution is 7.89. The summed E-state index contributed by atoms with van der Waals surface area (Å²) in [5, 5.41) is 13.4. The number of phenols is 1. The number of carbonyl (C=O) groups excluding carboxylic acids is 1. The number of hydrogen-bond donors (Lipinski definition) is 3. The van der Waals surface area contributed by atoms with E-state index < -0.39 is 15.9 Å². The smallest absolute Gasteiger partial charge is 0.269 e. The predicted molar refractivity (Wildman–Crippen MR) is 73.8 cm³/mol. The van der Waals surface area contributed by atoms with Crippen LogP contribution in [0.2, 0.25) is 0 Å². The molecular weight excluding hydrogens is 296 g/mol. The number of aromatic nitrogens is 2. The molecule has 2 aromatic rings. The first-order valence-corrected chi connectivity index (χ1v) is 7.40. The Morgan fingerprint density at radius 2 is 2.00 bits per heavy atom. The van der Waals surface area contributed by atoms with Crippen molar-refractivity contribution in [2.75, 3.05) is 0 Å². The number of amides is 1. The summed E-state index contributed by atoms with van der Waals surface area (Å²) in [6, 6.07) is 5.80. The van der Waals surface area contributed by atoms with E-state index in [1.165, 1.54) is 23.0 Å². The molecule has 2 rings (SSSR count). The van der Waals surface area contributed by atoms with Crippen LogP contribution in [-0.2, 0) is 17.1 Å². The molecule has 0 aliphatic heterocycles. The molecule has 0 fully saturated rings. The Morgan fingerprint density at radius 1 is 1.33 bits per heavy atom. The Hall–Kier alpha value is -2.39. The molecule has 1 heterocycles. The number of rotatable bonds is 4. The Labute approximate surface area is 121 Å². The minimum Gasteiger partial charge on any atom is -0.507 e. The number of nitrogens with zero attached hydrogens (tertiary/aromatic N) is 2. The number of carbonyl (C=O) groups is 1. The van der Waals surface area contributed by atoms with E-state index in [4.69, 9.17) is 0 Å². The maximum absolute atomic E-state index is 12.0. The van der Waals surface area contributed by atoms with E-state index in [-0.39, 0.29) is 16.2 Å². The fourth-order valence-corrected chi connectivity index (χ4v) is 2.80. The van der Waals surface area contributed by atoms with Gasteiger partial charge >= 0.3 is 0 Å². The quantitative estimate of drug-likeness (QED) is 0.691. The zero-order valence-electron chi connectivity index (χ0n) is 11.4. The molecule has 9 heteroatoms. The maximum Gasteiger partial charge on any atom is 0.269 e. The van der Waals surface area contributed by atoms with Crippen LogP contribution >= 0.6 is 0 Å². The maximum atomic E-state index is 12.0. The Morgan fingerprint density at radius 3 is 2.57 bits per heavy atom. The summed E-state index contributed by atoms with van der Waals surface area (Å²) in [5.74, 6) is -1.01. The molecule has 0 saturated heterocycles. The lowest BCUT2D eigenvalue weighted by Gasteiger charge is -2.08. The lowest BCUT2D eigenvalue weighted by molar-refractivity contribution is 0.0942. The van der Waals surface area contributed by atoms with E-state index in [1.807, 2.05) is 10.3 Å². The molecule has 0 unspecified atom stereocenters. The van der Waals surface area contributed by atoms with E-state index in [0.717, 1.165) is 0 Å². The predicted octanol–water partition coefficient (Wildman–Crippen LogP) is 0.0574. The standard InChI is InChI=1S/C12H14N4O4S/c1-8-11(7-16(2)14-8)21(19,20)15-13-12(18)9-5-3-4-6-10(9)17/h3-7,15,17H,1-2H3,(H,13,18). The molecule has 1 aromatic heterocycles. The van der Waals surface area contributed by atoms with Gasteiger partial charge in [0, 0.05) is 13.2 Å². The molecule has 1 amide bonds. The number of aryl methyl sites for hydroxylation is 2. The van der Waals surface area contributed by atoms with Gasteiger partial charge in [-0.2, -0.15) is 5.10 Å². The second-order valence-electron chi connectivity index (χ2n) is 4.33. The van der Waals surface area contributed by atoms with Gasteiger partial charge in [0.25, 0.3) is 15.9 Å². The fraction of sp³-hybridized carbons (Fsp3) is 0.167. The highest BCUT2D eigenvalue weighted by atomic mass is 32.2. The summed E-state index contributed by atoms with van der Waals surface area (Å²) in [7, 11) is -2.34. The minimum atomic E-state index is -3.93. The molecule has 21 heavy (non-hydrogen) atoms. The Balaban J connectivity index is 2.14. The zero-order chi connectivity index (χ0) is 15.6. The van der Waals surface area contributed by atoms with E-state index in [9.17, 15) is 18.3 Å². The molecule has 0 spiro atoms. The molecule has 0 aliphatic carbocycles. The second kappa shape index (κ2) is 5.54. The second-order valence-corrected chi connectivity index (χ2v) is 5.98. The molecule has 0 bridgehead atoms. The third-order valence-electron chi connectivity index (χ3n) is 2.71. The largest absolute Gasteiger partial charge is 0.507 e. The van der Waals surface area contributed by atoms with Crippen molar-refractivity contribution >= 4 is 15.9 Å². The van der Waals surface area contributed by atoms with Gasteiger partial charge in [0.1, 0.15) is 10.6 Å². The molecule has 0 atom stereocenters. The van der Waals surface area contributed by atoms with Crippen LogP contribution in [0.25, 0.3) is 0 Å². The van der Waals surface area contributed by atoms with Crippen LogP contribution in [0.3, 0.4) is 0 Å². The first kappa shape index (κ1) is 15.0. The molecule has 0 aliphatic rings. The third kappa shape index (κ3) is 3.20. The molecule has 112 valence electrons. The van der Waals surface area contributed by atoms with Crippen LogP contribution < -0.4 is 10.3 Å². The molecule has 1 aromatic carbocycles. The highest BCUT2D eigenvalue weighted by Gasteiger charge is 2.21. The van der Waals surface area contributed by atoms with Crippen LogP contribution in [0.15, 0.2) is 35.4 Å². The molecule has 8 nitrogen and oxygen atoms in total. The zero-order valence-corrected chi connectivity index (χ0v) is 12.2. The Kier molecular flexibility index (Phi) is 3.96. The van der Waals surface area contributed by atoms with Crippen molar-refractivity contribution in [3.05, 3.63) is 41.7 Å². The molecule has 0 radical (unpaired) electrons. The van der Waals surface area contributed by atoms with Crippen molar-refractivity contribution in [3.63, 3.8) is 0 Å². The first-order chi connectivity index (χ1) is 9.81. The number of hydrazine groups is 1. The van der Waals surface area contributed by atoms with Crippen molar-refractivity contribution in [3.8, 4) is 5.75 Å². The van der Waals surface area contributed by atoms with E-state index in [2.05, 4.69) is 5.10 Å². The summed E-state index contributed by atoms with van der Waals surface area (Å²) in [6.07, 6.45) is 1.32. The number of para-hydroxylation sites is 1. The SMILES string of the molecule is Cc1nn(C)cc1S(=O)(=O)NNC(=O)c1ccccc1O. The van der Waals surface area contributed by atoms with Gasteiger partial charge < -0.3 is 5.11 Å². The lowest BCUT2D eigenvalue weighted by Crippen LogP contribution is -2.41. The summed E-state index contributed by atoms with van der Waals surface area (Å²) < 4.78 is 25.4. The van der Waals surface area contributed by atoms with Crippen LogP contribution in [-0.4, -0.2) is 29.2 Å². The topological polar surface area (TPSA) is 113 Å². The van der Waals surface area contributed by atoms with E-state index >= 15 is 0 Å². The van der Waals surface area contributed by atoms with Gasteiger partial charge in [-0.05, 0) is 19.1 Å². The first-order valence-electron chi connectivity index (χ1n) is 5.91. The van der Waals surface area contributed by atoms with Gasteiger partial charge in [0.2, 0.25) is 0 Å². The van der Waals surface area contributed by atoms with Gasteiger partial charge in [-0.1, -0.05) is 12.1 Å². The van der Waals surface area contributed by atoms with Gasteiger partial charge in [0.05, 0.1) is 11.3 Å². The summed E-state index contributed by atoms with van der Waals surface area (Å²) in [5.41, 5.74) is 2.31. The summed E-state index contributed by atoms with van der Waals surface area (Å²) in [4.78, 5) is 13.7. The lowest BCUT2D eigenvalue weighted by atomic mass is 10.2. The molecular formula is C12H14N4O4S. The van der Waals surface area contributed by atoms with Crippen LogP contribution in [0, 0.1) is 6.92 Å². The van der Waals surface area contributed by atoms with Crippen LogP contribution in [0.4, 0.5) is 0 Å². The van der Waals surface area contributed by atoms with Crippen LogP contribution in [0.1, 0.15) is 16.1 Å². The van der Waals surface area contributed by atoms with Crippen molar-refractivity contribution < 1.29 is 18.3 Å².